The molecule has 1 fully saturated rings. The summed E-state index contributed by atoms with van der Waals surface area (Å²) in [5, 5.41) is 22.3. The van der Waals surface area contributed by atoms with Crippen molar-refractivity contribution in [1.29, 1.82) is 0 Å². The largest absolute Gasteiger partial charge is 0.493 e. The number of aromatic nitrogens is 2. The summed E-state index contributed by atoms with van der Waals surface area (Å²) in [6, 6.07) is 10.6. The van der Waals surface area contributed by atoms with E-state index in [2.05, 4.69) is 5.10 Å². The van der Waals surface area contributed by atoms with Crippen molar-refractivity contribution in [2.45, 2.75) is 38.8 Å². The molecule has 1 aromatic heterocycles. The van der Waals surface area contributed by atoms with Crippen LogP contribution in [-0.2, 0) is 6.54 Å². The van der Waals surface area contributed by atoms with Crippen LogP contribution in [0.1, 0.15) is 53.8 Å². The molecule has 12 nitrogen and oxygen atoms in total. The Bertz CT molecular complexity index is 1580. The molecule has 0 N–H and O–H groups in total. The molecule has 0 saturated heterocycles. The van der Waals surface area contributed by atoms with E-state index in [1.807, 2.05) is 36.4 Å². The molecule has 3 aromatic rings. The normalized spacial score (nSPS) is 18.8. The number of fused-ring (bicyclic) bond motifs is 1. The number of nitro groups is 1. The first kappa shape index (κ1) is 28.7. The van der Waals surface area contributed by atoms with E-state index in [1.165, 1.54) is 15.9 Å². The van der Waals surface area contributed by atoms with Crippen molar-refractivity contribution < 1.29 is 28.7 Å². The highest BCUT2D eigenvalue weighted by Gasteiger charge is 2.46. The van der Waals surface area contributed by atoms with Crippen LogP contribution in [-0.4, -0.2) is 59.8 Å². The lowest BCUT2D eigenvalue weighted by Crippen LogP contribution is -2.32. The second kappa shape index (κ2) is 11.9. The van der Waals surface area contributed by atoms with Crippen LogP contribution in [0.25, 0.3) is 6.08 Å². The highest BCUT2D eigenvalue weighted by molar-refractivity contribution is 6.09. The minimum Gasteiger partial charge on any atom is -0.493 e. The van der Waals surface area contributed by atoms with Gasteiger partial charge in [-0.15, -0.1) is 0 Å². The third kappa shape index (κ3) is 5.15. The average molecular weight is 576 g/mol. The maximum atomic E-state index is 14.1. The number of nitrogens with zero attached hydrogens (tertiary/aromatic N) is 5. The molecule has 1 amide bonds. The molecule has 12 heteroatoms. The van der Waals surface area contributed by atoms with E-state index in [0.717, 1.165) is 41.7 Å². The molecule has 42 heavy (non-hydrogen) atoms. The first-order valence-corrected chi connectivity index (χ1v) is 13.6. The second-order valence-corrected chi connectivity index (χ2v) is 9.95. The van der Waals surface area contributed by atoms with Crippen LogP contribution in [0.5, 0.6) is 23.0 Å². The molecule has 1 aliphatic carbocycles. The average Bonchev–Trinajstić information content (AvgIpc) is 3.63. The molecule has 0 unspecified atom stereocenters. The van der Waals surface area contributed by atoms with E-state index >= 15 is 0 Å². The Morgan fingerprint density at radius 2 is 1.69 bits per heavy atom. The van der Waals surface area contributed by atoms with Crippen LogP contribution in [0, 0.1) is 16.0 Å². The summed E-state index contributed by atoms with van der Waals surface area (Å²) < 4.78 is 23.2. The molecule has 0 radical (unpaired) electrons. The van der Waals surface area contributed by atoms with Crippen molar-refractivity contribution in [3.8, 4) is 23.0 Å². The predicted octanol–water partition coefficient (Wildman–Crippen LogP) is 5.28. The summed E-state index contributed by atoms with van der Waals surface area (Å²) in [7, 11) is 6.28. The number of aryl methyl sites for hydroxylation is 1. The standard InChI is InChI=1S/C30H33N5O7/c1-6-33-17-22(35(37)38)28(31-33)30(36)34-29(20-11-13-24(40-3)26(16-20)42-5)21-9-7-8-19(27(21)32-34)14-18-10-12-23(39-2)25(15-18)41-4/h10-17,21,29H,6-9H2,1-5H3/b19-14+/t21-,29+/m0/s1. The zero-order valence-corrected chi connectivity index (χ0v) is 24.2. The van der Waals surface area contributed by atoms with E-state index in [9.17, 15) is 14.9 Å². The number of ether oxygens (including phenoxy) is 4. The minimum atomic E-state index is -0.638. The summed E-state index contributed by atoms with van der Waals surface area (Å²) in [4.78, 5) is 25.3. The molecular weight excluding hydrogens is 542 g/mol. The number of carbonyl (C=O) groups excluding carboxylic acids is 1. The van der Waals surface area contributed by atoms with Crippen molar-refractivity contribution in [3.63, 3.8) is 0 Å². The van der Waals surface area contributed by atoms with E-state index in [0.29, 0.717) is 29.5 Å². The molecule has 2 aliphatic rings. The van der Waals surface area contributed by atoms with Gasteiger partial charge in [-0.2, -0.15) is 10.2 Å². The van der Waals surface area contributed by atoms with Crippen LogP contribution >= 0.6 is 0 Å². The molecule has 0 bridgehead atoms. The predicted molar refractivity (Wildman–Crippen MR) is 155 cm³/mol. The van der Waals surface area contributed by atoms with Crippen molar-refractivity contribution >= 4 is 23.4 Å². The minimum absolute atomic E-state index is 0.153. The Labute approximate surface area is 243 Å². The molecule has 2 aromatic carbocycles. The van der Waals surface area contributed by atoms with Gasteiger partial charge in [-0.25, -0.2) is 5.01 Å². The van der Waals surface area contributed by atoms with Crippen LogP contribution in [0.3, 0.4) is 0 Å². The van der Waals surface area contributed by atoms with Gasteiger partial charge in [0.1, 0.15) is 6.20 Å². The van der Waals surface area contributed by atoms with Gasteiger partial charge < -0.3 is 18.9 Å². The number of hydrazone groups is 1. The molecule has 2 heterocycles. The molecule has 2 atom stereocenters. The van der Waals surface area contributed by atoms with Gasteiger partial charge in [0, 0.05) is 12.5 Å². The summed E-state index contributed by atoms with van der Waals surface area (Å²) in [6.07, 6.45) is 5.72. The summed E-state index contributed by atoms with van der Waals surface area (Å²) in [5.41, 5.74) is 2.81. The topological polar surface area (TPSA) is 131 Å². The molecule has 1 saturated carbocycles. The summed E-state index contributed by atoms with van der Waals surface area (Å²) in [5.74, 6) is 1.49. The van der Waals surface area contributed by atoms with Gasteiger partial charge in [0.25, 0.3) is 0 Å². The fourth-order valence-corrected chi connectivity index (χ4v) is 5.65. The first-order valence-electron chi connectivity index (χ1n) is 13.6. The Morgan fingerprint density at radius 3 is 2.33 bits per heavy atom. The maximum Gasteiger partial charge on any atom is 0.320 e. The summed E-state index contributed by atoms with van der Waals surface area (Å²) in [6.45, 7) is 2.18. The molecular formula is C30H33N5O7. The monoisotopic (exact) mass is 575 g/mol. The van der Waals surface area contributed by atoms with Crippen molar-refractivity contribution in [2.75, 3.05) is 28.4 Å². The van der Waals surface area contributed by atoms with Gasteiger partial charge in [-0.1, -0.05) is 12.1 Å². The Kier molecular flexibility index (Phi) is 8.14. The van der Waals surface area contributed by atoms with E-state index < -0.39 is 16.9 Å². The van der Waals surface area contributed by atoms with Crippen molar-refractivity contribution in [1.82, 2.24) is 14.8 Å². The zero-order chi connectivity index (χ0) is 30.0. The number of amides is 1. The van der Waals surface area contributed by atoms with Crippen LogP contribution < -0.4 is 18.9 Å². The Balaban J connectivity index is 1.63. The molecule has 0 spiro atoms. The lowest BCUT2D eigenvalue weighted by atomic mass is 9.77. The number of methoxy groups -OCH3 is 4. The number of allylic oxidation sites excluding steroid dienone is 1. The Morgan fingerprint density at radius 1 is 1.02 bits per heavy atom. The number of hydrogen-bond donors (Lipinski definition) is 0. The van der Waals surface area contributed by atoms with E-state index in [-0.39, 0.29) is 17.3 Å². The van der Waals surface area contributed by atoms with Crippen LogP contribution in [0.2, 0.25) is 0 Å². The maximum absolute atomic E-state index is 14.1. The second-order valence-electron chi connectivity index (χ2n) is 9.95. The van der Waals surface area contributed by atoms with Gasteiger partial charge in [0.05, 0.1) is 45.1 Å². The highest BCUT2D eigenvalue weighted by atomic mass is 16.6. The van der Waals surface area contributed by atoms with E-state index in [1.54, 1.807) is 41.4 Å². The van der Waals surface area contributed by atoms with Crippen molar-refractivity contribution in [2.24, 2.45) is 11.0 Å². The molecule has 1 aliphatic heterocycles. The van der Waals surface area contributed by atoms with Gasteiger partial charge in [-0.3, -0.25) is 19.6 Å². The first-order chi connectivity index (χ1) is 20.3. The number of benzene rings is 2. The van der Waals surface area contributed by atoms with Gasteiger partial charge >= 0.3 is 11.6 Å². The lowest BCUT2D eigenvalue weighted by molar-refractivity contribution is -0.385. The fraction of sp³-hybridized carbons (Fsp3) is 0.367. The van der Waals surface area contributed by atoms with Crippen molar-refractivity contribution in [3.05, 3.63) is 75.1 Å². The quantitative estimate of drug-likeness (QED) is 0.249. The SMILES string of the molecule is CCn1cc([N+](=O)[O-])c(C(=O)N2N=C3/C(=C/c4ccc(OC)c(OC)c4)CCC[C@@H]3[C@H]2c2ccc(OC)c(OC)c2)n1. The van der Waals surface area contributed by atoms with Crippen LogP contribution in [0.15, 0.2) is 53.3 Å². The fourth-order valence-electron chi connectivity index (χ4n) is 5.65. The lowest BCUT2D eigenvalue weighted by Gasteiger charge is -2.29. The number of rotatable bonds is 9. The molecule has 220 valence electrons. The third-order valence-corrected chi connectivity index (χ3v) is 7.67. The Hall–Kier alpha value is -4.87. The van der Waals surface area contributed by atoms with Crippen LogP contribution in [0.4, 0.5) is 5.69 Å². The number of hydrogen-bond acceptors (Lipinski definition) is 9. The molecule has 5 rings (SSSR count). The van der Waals surface area contributed by atoms with Gasteiger partial charge in [0.2, 0.25) is 5.69 Å². The van der Waals surface area contributed by atoms with Gasteiger partial charge in [0.15, 0.2) is 23.0 Å². The number of carbonyl (C=O) groups is 1. The third-order valence-electron chi connectivity index (χ3n) is 7.67. The van der Waals surface area contributed by atoms with E-state index in [4.69, 9.17) is 24.0 Å². The zero-order valence-electron chi connectivity index (χ0n) is 24.2. The van der Waals surface area contributed by atoms with Gasteiger partial charge in [-0.05, 0) is 73.2 Å². The summed E-state index contributed by atoms with van der Waals surface area (Å²) >= 11 is 0. The highest BCUT2D eigenvalue weighted by Crippen LogP contribution is 2.47. The smallest absolute Gasteiger partial charge is 0.320 e.